The molecule has 0 saturated heterocycles. The van der Waals surface area contributed by atoms with E-state index in [1.54, 1.807) is 19.4 Å². The van der Waals surface area contributed by atoms with Crippen LogP contribution in [0.2, 0.25) is 5.02 Å². The zero-order valence-electron chi connectivity index (χ0n) is 13.3. The lowest BCUT2D eigenvalue weighted by Crippen LogP contribution is -2.17. The summed E-state index contributed by atoms with van der Waals surface area (Å²) >= 11 is 6.13. The van der Waals surface area contributed by atoms with E-state index in [1.807, 2.05) is 13.0 Å². The molecule has 0 bridgehead atoms. The molecular formula is C16H20ClN5O. The maximum Gasteiger partial charge on any atom is 0.244 e. The Morgan fingerprint density at radius 2 is 2.04 bits per heavy atom. The third-order valence-electron chi connectivity index (χ3n) is 3.99. The van der Waals surface area contributed by atoms with Gasteiger partial charge in [0.05, 0.1) is 19.0 Å². The van der Waals surface area contributed by atoms with Crippen LogP contribution < -0.4 is 15.4 Å². The maximum atomic E-state index is 6.13. The summed E-state index contributed by atoms with van der Waals surface area (Å²) in [5.41, 5.74) is 1.75. The molecule has 0 spiro atoms. The molecule has 23 heavy (non-hydrogen) atoms. The number of benzene rings is 1. The standard InChI is InChI=1S/C16H20ClN5O/c1-10-7-13(14(23-2)8-12(10)17)20-15-9-18-22-16(21-15)19-11-5-3-4-6-11/h7-9,11H,3-6H2,1-2H3,(H2,19,20,21,22). The Bertz CT molecular complexity index is 688. The van der Waals surface area contributed by atoms with Crippen molar-refractivity contribution in [2.45, 2.75) is 38.6 Å². The van der Waals surface area contributed by atoms with E-state index in [0.717, 1.165) is 24.1 Å². The Morgan fingerprint density at radius 1 is 1.26 bits per heavy atom. The van der Waals surface area contributed by atoms with E-state index in [1.165, 1.54) is 12.8 Å². The van der Waals surface area contributed by atoms with Crippen LogP contribution in [0.1, 0.15) is 31.2 Å². The molecule has 2 N–H and O–H groups in total. The van der Waals surface area contributed by atoms with Gasteiger partial charge in [-0.2, -0.15) is 10.1 Å². The van der Waals surface area contributed by atoms with Crippen molar-refractivity contribution in [1.82, 2.24) is 15.2 Å². The van der Waals surface area contributed by atoms with E-state index < -0.39 is 0 Å². The van der Waals surface area contributed by atoms with Crippen LogP contribution >= 0.6 is 11.6 Å². The van der Waals surface area contributed by atoms with Gasteiger partial charge >= 0.3 is 0 Å². The molecule has 0 radical (unpaired) electrons. The van der Waals surface area contributed by atoms with Crippen LogP contribution in [0.3, 0.4) is 0 Å². The summed E-state index contributed by atoms with van der Waals surface area (Å²) in [4.78, 5) is 4.47. The minimum atomic E-state index is 0.444. The van der Waals surface area contributed by atoms with Crippen LogP contribution in [0.5, 0.6) is 5.75 Å². The monoisotopic (exact) mass is 333 g/mol. The van der Waals surface area contributed by atoms with E-state index >= 15 is 0 Å². The van der Waals surface area contributed by atoms with Gasteiger partial charge in [-0.05, 0) is 31.4 Å². The van der Waals surface area contributed by atoms with Crippen molar-refractivity contribution in [2.24, 2.45) is 0 Å². The SMILES string of the molecule is COc1cc(Cl)c(C)cc1Nc1cnnc(NC2CCCC2)n1. The molecule has 122 valence electrons. The predicted octanol–water partition coefficient (Wildman–Crippen LogP) is 3.94. The lowest BCUT2D eigenvalue weighted by Gasteiger charge is -2.14. The second kappa shape index (κ2) is 7.00. The highest BCUT2D eigenvalue weighted by molar-refractivity contribution is 6.31. The maximum absolute atomic E-state index is 6.13. The van der Waals surface area contributed by atoms with Gasteiger partial charge < -0.3 is 15.4 Å². The number of aryl methyl sites for hydroxylation is 1. The lowest BCUT2D eigenvalue weighted by molar-refractivity contribution is 0.416. The van der Waals surface area contributed by atoms with Crippen molar-refractivity contribution in [3.05, 3.63) is 28.9 Å². The molecule has 1 aliphatic rings. The van der Waals surface area contributed by atoms with Crippen molar-refractivity contribution >= 4 is 29.1 Å². The number of methoxy groups -OCH3 is 1. The Labute approximate surface area is 140 Å². The zero-order valence-corrected chi connectivity index (χ0v) is 14.0. The van der Waals surface area contributed by atoms with E-state index in [0.29, 0.717) is 28.6 Å². The fourth-order valence-electron chi connectivity index (χ4n) is 2.75. The van der Waals surface area contributed by atoms with Crippen LogP contribution in [0.25, 0.3) is 0 Å². The number of nitrogens with one attached hydrogen (secondary N) is 2. The van der Waals surface area contributed by atoms with Crippen molar-refractivity contribution in [3.63, 3.8) is 0 Å². The van der Waals surface area contributed by atoms with Crippen LogP contribution in [-0.4, -0.2) is 28.3 Å². The van der Waals surface area contributed by atoms with Gasteiger partial charge in [0, 0.05) is 17.1 Å². The molecule has 0 unspecified atom stereocenters. The largest absolute Gasteiger partial charge is 0.495 e. The molecule has 1 fully saturated rings. The van der Waals surface area contributed by atoms with Crippen molar-refractivity contribution in [3.8, 4) is 5.75 Å². The molecule has 1 aliphatic carbocycles. The van der Waals surface area contributed by atoms with Crippen molar-refractivity contribution < 1.29 is 4.74 Å². The second-order valence-corrected chi connectivity index (χ2v) is 6.12. The van der Waals surface area contributed by atoms with Gasteiger partial charge in [-0.25, -0.2) is 0 Å². The molecule has 1 heterocycles. The number of anilines is 3. The molecule has 7 heteroatoms. The number of rotatable bonds is 5. The average molecular weight is 334 g/mol. The summed E-state index contributed by atoms with van der Waals surface area (Å²) in [5, 5.41) is 15.3. The molecule has 1 aromatic heterocycles. The van der Waals surface area contributed by atoms with Crippen molar-refractivity contribution in [2.75, 3.05) is 17.7 Å². The number of aromatic nitrogens is 3. The van der Waals surface area contributed by atoms with Gasteiger partial charge in [-0.15, -0.1) is 5.10 Å². The highest BCUT2D eigenvalue weighted by atomic mass is 35.5. The molecule has 1 aromatic carbocycles. The molecular weight excluding hydrogens is 314 g/mol. The number of hydrogen-bond donors (Lipinski definition) is 2. The summed E-state index contributed by atoms with van der Waals surface area (Å²) in [6.45, 7) is 1.94. The van der Waals surface area contributed by atoms with Crippen LogP contribution in [-0.2, 0) is 0 Å². The third kappa shape index (κ3) is 3.82. The minimum Gasteiger partial charge on any atom is -0.495 e. The second-order valence-electron chi connectivity index (χ2n) is 5.72. The smallest absolute Gasteiger partial charge is 0.244 e. The van der Waals surface area contributed by atoms with Gasteiger partial charge in [0.2, 0.25) is 5.95 Å². The molecule has 0 amide bonds. The van der Waals surface area contributed by atoms with Crippen LogP contribution in [0, 0.1) is 6.92 Å². The number of halogens is 1. The van der Waals surface area contributed by atoms with Crippen molar-refractivity contribution in [1.29, 1.82) is 0 Å². The van der Waals surface area contributed by atoms with Gasteiger partial charge in [-0.3, -0.25) is 0 Å². The predicted molar refractivity (Wildman–Crippen MR) is 91.7 cm³/mol. The zero-order chi connectivity index (χ0) is 16.2. The molecule has 6 nitrogen and oxygen atoms in total. The summed E-state index contributed by atoms with van der Waals surface area (Å²) in [6, 6.07) is 4.15. The first kappa shape index (κ1) is 15.8. The summed E-state index contributed by atoms with van der Waals surface area (Å²) in [6.07, 6.45) is 6.41. The first-order chi connectivity index (χ1) is 11.2. The first-order valence-electron chi connectivity index (χ1n) is 7.73. The normalized spacial score (nSPS) is 14.7. The van der Waals surface area contributed by atoms with Gasteiger partial charge in [0.1, 0.15) is 5.75 Å². The van der Waals surface area contributed by atoms with Crippen LogP contribution in [0.15, 0.2) is 18.3 Å². The van der Waals surface area contributed by atoms with Gasteiger partial charge in [0.15, 0.2) is 5.82 Å². The van der Waals surface area contributed by atoms with Gasteiger partial charge in [0.25, 0.3) is 0 Å². The number of nitrogens with zero attached hydrogens (tertiary/aromatic N) is 3. The highest BCUT2D eigenvalue weighted by Gasteiger charge is 2.16. The Kier molecular flexibility index (Phi) is 4.81. The minimum absolute atomic E-state index is 0.444. The van der Waals surface area contributed by atoms with E-state index in [4.69, 9.17) is 16.3 Å². The first-order valence-corrected chi connectivity index (χ1v) is 8.11. The Balaban J connectivity index is 1.78. The quantitative estimate of drug-likeness (QED) is 0.863. The Morgan fingerprint density at radius 3 is 2.78 bits per heavy atom. The Hall–Kier alpha value is -2.08. The molecule has 0 aliphatic heterocycles. The molecule has 3 rings (SSSR count). The van der Waals surface area contributed by atoms with E-state index in [-0.39, 0.29) is 0 Å². The van der Waals surface area contributed by atoms with Crippen LogP contribution in [0.4, 0.5) is 17.5 Å². The summed E-state index contributed by atoms with van der Waals surface area (Å²) in [5.74, 6) is 1.82. The van der Waals surface area contributed by atoms with E-state index in [2.05, 4.69) is 25.8 Å². The number of hydrogen-bond acceptors (Lipinski definition) is 6. The lowest BCUT2D eigenvalue weighted by atomic mass is 10.2. The van der Waals surface area contributed by atoms with Gasteiger partial charge in [-0.1, -0.05) is 24.4 Å². The number of ether oxygens (including phenoxy) is 1. The highest BCUT2D eigenvalue weighted by Crippen LogP contribution is 2.32. The summed E-state index contributed by atoms with van der Waals surface area (Å²) in [7, 11) is 1.61. The average Bonchev–Trinajstić information content (AvgIpc) is 3.04. The molecule has 0 atom stereocenters. The fraction of sp³-hybridized carbons (Fsp3) is 0.438. The van der Waals surface area contributed by atoms with E-state index in [9.17, 15) is 0 Å². The summed E-state index contributed by atoms with van der Waals surface area (Å²) < 4.78 is 5.36. The molecule has 2 aromatic rings. The molecule has 1 saturated carbocycles. The third-order valence-corrected chi connectivity index (χ3v) is 4.40. The fourth-order valence-corrected chi connectivity index (χ4v) is 2.90. The topological polar surface area (TPSA) is 72.0 Å².